The van der Waals surface area contributed by atoms with Crippen molar-refractivity contribution in [1.82, 2.24) is 10.2 Å². The van der Waals surface area contributed by atoms with E-state index in [4.69, 9.17) is 10.00 Å². The summed E-state index contributed by atoms with van der Waals surface area (Å²) in [5.41, 5.74) is 1.39. The van der Waals surface area contributed by atoms with E-state index in [1.807, 2.05) is 18.2 Å². The molecule has 1 N–H and O–H groups in total. The summed E-state index contributed by atoms with van der Waals surface area (Å²) in [6.07, 6.45) is 2.80. The fourth-order valence-corrected chi connectivity index (χ4v) is 3.39. The average Bonchev–Trinajstić information content (AvgIpc) is 2.70. The van der Waals surface area contributed by atoms with E-state index < -0.39 is 0 Å². The molecule has 0 radical (unpaired) electrons. The lowest BCUT2D eigenvalue weighted by Gasteiger charge is -2.31. The summed E-state index contributed by atoms with van der Waals surface area (Å²) in [6.45, 7) is 9.04. The van der Waals surface area contributed by atoms with Crippen molar-refractivity contribution in [3.8, 4) is 11.8 Å². The molecule has 1 fully saturated rings. The number of nitrogens with zero attached hydrogens (tertiary/aromatic N) is 2. The summed E-state index contributed by atoms with van der Waals surface area (Å²) in [5, 5.41) is 11.6. The van der Waals surface area contributed by atoms with Crippen molar-refractivity contribution in [2.75, 3.05) is 26.2 Å². The third-order valence-corrected chi connectivity index (χ3v) is 5.32. The predicted octanol–water partition coefficient (Wildman–Crippen LogP) is 3.41. The van der Waals surface area contributed by atoms with E-state index in [1.54, 1.807) is 4.90 Å². The normalized spacial score (nSPS) is 14.9. The summed E-state index contributed by atoms with van der Waals surface area (Å²) in [4.78, 5) is 25.5. The SMILES string of the molecule is CC(C)(C)c1ccc(OCCCC(=O)NCC2CCN(C(=O)CC#N)CC2)cc1. The maximum absolute atomic E-state index is 12.0. The number of rotatable bonds is 8. The van der Waals surface area contributed by atoms with Gasteiger partial charge in [-0.15, -0.1) is 0 Å². The molecule has 29 heavy (non-hydrogen) atoms. The molecular weight excluding hydrogens is 366 g/mol. The van der Waals surface area contributed by atoms with Crippen molar-refractivity contribution in [1.29, 1.82) is 5.26 Å². The molecule has 1 aliphatic rings. The highest BCUT2D eigenvalue weighted by Crippen LogP contribution is 2.24. The molecular formula is C23H33N3O3. The molecule has 1 aliphatic heterocycles. The fourth-order valence-electron chi connectivity index (χ4n) is 3.39. The van der Waals surface area contributed by atoms with Crippen LogP contribution in [0.4, 0.5) is 0 Å². The first kappa shape index (κ1) is 22.7. The molecule has 0 aromatic heterocycles. The van der Waals surface area contributed by atoms with Gasteiger partial charge in [-0.1, -0.05) is 32.9 Å². The van der Waals surface area contributed by atoms with Crippen LogP contribution >= 0.6 is 0 Å². The van der Waals surface area contributed by atoms with Crippen molar-refractivity contribution < 1.29 is 14.3 Å². The number of amides is 2. The molecule has 1 aromatic rings. The minimum atomic E-state index is -0.0944. The highest BCUT2D eigenvalue weighted by Gasteiger charge is 2.22. The molecule has 2 amide bonds. The Bertz CT molecular complexity index is 708. The van der Waals surface area contributed by atoms with E-state index in [-0.39, 0.29) is 23.7 Å². The zero-order chi connectivity index (χ0) is 21.3. The van der Waals surface area contributed by atoms with E-state index in [0.29, 0.717) is 45.0 Å². The number of benzene rings is 1. The van der Waals surface area contributed by atoms with Crippen molar-refractivity contribution >= 4 is 11.8 Å². The van der Waals surface area contributed by atoms with Crippen LogP contribution in [0.15, 0.2) is 24.3 Å². The largest absolute Gasteiger partial charge is 0.494 e. The first-order valence-electron chi connectivity index (χ1n) is 10.4. The van der Waals surface area contributed by atoms with E-state index in [2.05, 4.69) is 38.2 Å². The van der Waals surface area contributed by atoms with Gasteiger partial charge >= 0.3 is 0 Å². The zero-order valence-electron chi connectivity index (χ0n) is 17.9. The van der Waals surface area contributed by atoms with E-state index in [0.717, 1.165) is 18.6 Å². The van der Waals surface area contributed by atoms with Gasteiger partial charge in [-0.2, -0.15) is 5.26 Å². The van der Waals surface area contributed by atoms with Gasteiger partial charge in [0.2, 0.25) is 11.8 Å². The summed E-state index contributed by atoms with van der Waals surface area (Å²) < 4.78 is 5.73. The number of carbonyl (C=O) groups is 2. The number of ether oxygens (including phenoxy) is 1. The number of piperidine rings is 1. The molecule has 6 nitrogen and oxygen atoms in total. The summed E-state index contributed by atoms with van der Waals surface area (Å²) >= 11 is 0. The minimum absolute atomic E-state index is 0.0414. The van der Waals surface area contributed by atoms with Crippen LogP contribution in [0.2, 0.25) is 0 Å². The lowest BCUT2D eigenvalue weighted by Crippen LogP contribution is -2.41. The number of nitriles is 1. The number of hydrogen-bond acceptors (Lipinski definition) is 4. The van der Waals surface area contributed by atoms with Crippen LogP contribution in [-0.2, 0) is 15.0 Å². The predicted molar refractivity (Wildman–Crippen MR) is 112 cm³/mol. The molecule has 0 aliphatic carbocycles. The third kappa shape index (κ3) is 7.77. The fraction of sp³-hybridized carbons (Fsp3) is 0.609. The van der Waals surface area contributed by atoms with Gasteiger partial charge in [0.1, 0.15) is 12.2 Å². The second-order valence-electron chi connectivity index (χ2n) is 8.69. The van der Waals surface area contributed by atoms with Crippen LogP contribution < -0.4 is 10.1 Å². The van der Waals surface area contributed by atoms with Crippen LogP contribution in [0.1, 0.15) is 58.4 Å². The zero-order valence-corrected chi connectivity index (χ0v) is 17.9. The molecule has 0 unspecified atom stereocenters. The lowest BCUT2D eigenvalue weighted by atomic mass is 9.87. The molecule has 1 aromatic carbocycles. The van der Waals surface area contributed by atoms with Crippen molar-refractivity contribution in [3.63, 3.8) is 0 Å². The smallest absolute Gasteiger partial charge is 0.236 e. The average molecular weight is 400 g/mol. The van der Waals surface area contributed by atoms with Crippen LogP contribution in [0, 0.1) is 17.2 Å². The molecule has 158 valence electrons. The lowest BCUT2D eigenvalue weighted by molar-refractivity contribution is -0.131. The van der Waals surface area contributed by atoms with Crippen molar-refractivity contribution in [2.45, 2.75) is 58.3 Å². The molecule has 1 saturated heterocycles. The van der Waals surface area contributed by atoms with Crippen LogP contribution in [0.3, 0.4) is 0 Å². The molecule has 2 rings (SSSR count). The van der Waals surface area contributed by atoms with Crippen molar-refractivity contribution in [2.24, 2.45) is 5.92 Å². The van der Waals surface area contributed by atoms with Gasteiger partial charge in [0, 0.05) is 26.1 Å². The highest BCUT2D eigenvalue weighted by molar-refractivity contribution is 5.78. The van der Waals surface area contributed by atoms with Gasteiger partial charge in [-0.25, -0.2) is 0 Å². The van der Waals surface area contributed by atoms with Gasteiger partial charge in [0.15, 0.2) is 0 Å². The number of likely N-dealkylation sites (tertiary alicyclic amines) is 1. The van der Waals surface area contributed by atoms with Gasteiger partial charge < -0.3 is 15.0 Å². The van der Waals surface area contributed by atoms with Crippen molar-refractivity contribution in [3.05, 3.63) is 29.8 Å². The van der Waals surface area contributed by atoms with Crippen LogP contribution in [0.5, 0.6) is 5.75 Å². The minimum Gasteiger partial charge on any atom is -0.494 e. The van der Waals surface area contributed by atoms with Gasteiger partial charge in [-0.3, -0.25) is 9.59 Å². The van der Waals surface area contributed by atoms with E-state index in [9.17, 15) is 9.59 Å². The molecule has 0 atom stereocenters. The van der Waals surface area contributed by atoms with Gasteiger partial charge in [0.05, 0.1) is 12.7 Å². The Morgan fingerprint density at radius 2 is 1.86 bits per heavy atom. The Hall–Kier alpha value is -2.55. The maximum atomic E-state index is 12.0. The van der Waals surface area contributed by atoms with Crippen LogP contribution in [-0.4, -0.2) is 43.0 Å². The van der Waals surface area contributed by atoms with Crippen LogP contribution in [0.25, 0.3) is 0 Å². The molecule has 1 heterocycles. The number of nitrogens with one attached hydrogen (secondary N) is 1. The highest BCUT2D eigenvalue weighted by atomic mass is 16.5. The summed E-state index contributed by atoms with van der Waals surface area (Å²) in [7, 11) is 0. The first-order valence-corrected chi connectivity index (χ1v) is 10.4. The summed E-state index contributed by atoms with van der Waals surface area (Å²) in [6, 6.07) is 10.0. The molecule has 0 spiro atoms. The van der Waals surface area contributed by atoms with E-state index >= 15 is 0 Å². The Kier molecular flexibility index (Phi) is 8.50. The Balaban J connectivity index is 1.58. The quantitative estimate of drug-likeness (QED) is 0.679. The topological polar surface area (TPSA) is 82.4 Å². The second-order valence-corrected chi connectivity index (χ2v) is 8.69. The second kappa shape index (κ2) is 10.8. The standard InChI is InChI=1S/C23H33N3O3/c1-23(2,3)19-6-8-20(9-7-19)29-16-4-5-21(27)25-17-18-11-14-26(15-12-18)22(28)10-13-24/h6-9,18H,4-5,10-12,14-17H2,1-3H3,(H,25,27). The number of hydrogen-bond donors (Lipinski definition) is 1. The first-order chi connectivity index (χ1) is 13.8. The Morgan fingerprint density at radius 1 is 1.21 bits per heavy atom. The molecule has 0 saturated carbocycles. The van der Waals surface area contributed by atoms with Gasteiger partial charge in [-0.05, 0) is 48.3 Å². The Morgan fingerprint density at radius 3 is 2.45 bits per heavy atom. The molecule has 0 bridgehead atoms. The van der Waals surface area contributed by atoms with E-state index in [1.165, 1.54) is 5.56 Å². The Labute approximate surface area is 174 Å². The maximum Gasteiger partial charge on any atom is 0.236 e. The third-order valence-electron chi connectivity index (χ3n) is 5.32. The number of carbonyl (C=O) groups excluding carboxylic acids is 2. The monoisotopic (exact) mass is 399 g/mol. The van der Waals surface area contributed by atoms with Gasteiger partial charge in [0.25, 0.3) is 0 Å². The molecule has 6 heteroatoms. The summed E-state index contributed by atoms with van der Waals surface area (Å²) in [5.74, 6) is 1.17.